The summed E-state index contributed by atoms with van der Waals surface area (Å²) in [5.74, 6) is 0. The molecule has 280 valence electrons. The second kappa shape index (κ2) is 14.1. The van der Waals surface area contributed by atoms with Gasteiger partial charge in [-0.15, -0.1) is 11.3 Å². The molecule has 1 aliphatic carbocycles. The molecule has 0 fully saturated rings. The van der Waals surface area contributed by atoms with Crippen molar-refractivity contribution in [3.05, 3.63) is 223 Å². The van der Waals surface area contributed by atoms with Crippen molar-refractivity contribution in [2.45, 2.75) is 19.3 Å². The third kappa shape index (κ3) is 5.74. The Balaban J connectivity index is 1.20. The second-order valence-electron chi connectivity index (χ2n) is 16.0. The van der Waals surface area contributed by atoms with Crippen LogP contribution in [0.4, 0.5) is 17.1 Å². The monoisotopic (exact) mass is 771 g/mol. The highest BCUT2D eigenvalue weighted by Gasteiger charge is 2.38. The minimum absolute atomic E-state index is 0.145. The summed E-state index contributed by atoms with van der Waals surface area (Å²) in [5, 5.41) is 2.64. The van der Waals surface area contributed by atoms with Crippen LogP contribution in [0, 0.1) is 0 Å². The number of hydrogen-bond donors (Lipinski definition) is 0. The molecule has 1 aromatic heterocycles. The molecule has 0 atom stereocenters. The van der Waals surface area contributed by atoms with Crippen LogP contribution >= 0.6 is 11.3 Å². The molecule has 0 radical (unpaired) electrons. The van der Waals surface area contributed by atoms with Crippen molar-refractivity contribution in [2.24, 2.45) is 0 Å². The number of hydrogen-bond acceptors (Lipinski definition) is 2. The van der Waals surface area contributed by atoms with Gasteiger partial charge in [0.1, 0.15) is 0 Å². The molecule has 11 rings (SSSR count). The van der Waals surface area contributed by atoms with E-state index in [9.17, 15) is 0 Å². The maximum absolute atomic E-state index is 2.53. The van der Waals surface area contributed by atoms with Crippen LogP contribution in [0.2, 0.25) is 0 Å². The molecule has 2 heteroatoms. The van der Waals surface area contributed by atoms with Gasteiger partial charge in [0, 0.05) is 42.4 Å². The smallest absolute Gasteiger partial charge is 0.0546 e. The van der Waals surface area contributed by atoms with Gasteiger partial charge in [-0.25, -0.2) is 0 Å². The predicted molar refractivity (Wildman–Crippen MR) is 253 cm³/mol. The largest absolute Gasteiger partial charge is 0.309 e. The third-order valence-corrected chi connectivity index (χ3v) is 13.5. The van der Waals surface area contributed by atoms with Crippen molar-refractivity contribution >= 4 is 48.6 Å². The maximum atomic E-state index is 2.53. The molecule has 0 N–H and O–H groups in total. The first-order valence-corrected chi connectivity index (χ1v) is 21.3. The summed E-state index contributed by atoms with van der Waals surface area (Å²) in [7, 11) is 0. The van der Waals surface area contributed by atoms with E-state index in [2.05, 4.69) is 231 Å². The topological polar surface area (TPSA) is 3.24 Å². The molecule has 0 aliphatic heterocycles. The van der Waals surface area contributed by atoms with Gasteiger partial charge in [-0.05, 0) is 92.0 Å². The molecule has 1 aliphatic rings. The molecule has 10 aromatic rings. The standard InChI is InChI=1S/C57H41NS/c1-57(2)48-28-13-11-24-46(48)56-49(57)29-17-31-51(56)58(41-36-34-40(35-37-41)44-27-16-33-53-55(44)47-25-12-14-32-52(47)59-53)50-30-15-26-43(39-20-7-4-8-21-39)54(50)45-23-10-9-22-42(45)38-18-5-3-6-19-38/h3-37H,1-2H3. The molecule has 0 unspecified atom stereocenters. The molecule has 1 nitrogen and oxygen atoms in total. The Morgan fingerprint density at radius 2 is 0.864 bits per heavy atom. The van der Waals surface area contributed by atoms with E-state index in [1.807, 2.05) is 11.3 Å². The summed E-state index contributed by atoms with van der Waals surface area (Å²) in [5.41, 5.74) is 18.2. The van der Waals surface area contributed by atoms with E-state index in [0.29, 0.717) is 0 Å². The lowest BCUT2D eigenvalue weighted by Gasteiger charge is -2.32. The molecule has 9 aromatic carbocycles. The van der Waals surface area contributed by atoms with Crippen molar-refractivity contribution in [3.8, 4) is 55.6 Å². The lowest BCUT2D eigenvalue weighted by molar-refractivity contribution is 0.660. The van der Waals surface area contributed by atoms with Crippen LogP contribution in [0.5, 0.6) is 0 Å². The Hall–Kier alpha value is -7.00. The van der Waals surface area contributed by atoms with Crippen LogP contribution in [-0.4, -0.2) is 0 Å². The number of nitrogens with zero attached hydrogens (tertiary/aromatic N) is 1. The zero-order valence-electron chi connectivity index (χ0n) is 33.1. The summed E-state index contributed by atoms with van der Waals surface area (Å²) < 4.78 is 2.63. The Kier molecular flexibility index (Phi) is 8.43. The van der Waals surface area contributed by atoms with Crippen LogP contribution in [-0.2, 0) is 5.41 Å². The van der Waals surface area contributed by atoms with E-state index in [4.69, 9.17) is 0 Å². The van der Waals surface area contributed by atoms with Gasteiger partial charge in [-0.1, -0.05) is 190 Å². The van der Waals surface area contributed by atoms with E-state index in [1.165, 1.54) is 92.6 Å². The molecular weight excluding hydrogens is 731 g/mol. The first-order valence-electron chi connectivity index (χ1n) is 20.4. The summed E-state index contributed by atoms with van der Waals surface area (Å²) in [6.45, 7) is 4.74. The SMILES string of the molecule is CC1(C)c2ccccc2-c2c(N(c3ccc(-c4cccc5sc6ccccc6c45)cc3)c3cccc(-c4ccccc4)c3-c3ccccc3-c3ccccc3)cccc21. The predicted octanol–water partition coefficient (Wildman–Crippen LogP) is 16.5. The Bertz CT molecular complexity index is 3170. The van der Waals surface area contributed by atoms with Crippen molar-refractivity contribution in [1.82, 2.24) is 0 Å². The first-order chi connectivity index (χ1) is 29.1. The highest BCUT2D eigenvalue weighted by molar-refractivity contribution is 7.25. The van der Waals surface area contributed by atoms with Gasteiger partial charge in [-0.2, -0.15) is 0 Å². The maximum Gasteiger partial charge on any atom is 0.0546 e. The zero-order valence-corrected chi connectivity index (χ0v) is 33.9. The minimum atomic E-state index is -0.145. The Labute approximate surface area is 350 Å². The number of thiophene rings is 1. The van der Waals surface area contributed by atoms with Gasteiger partial charge < -0.3 is 4.90 Å². The van der Waals surface area contributed by atoms with Crippen molar-refractivity contribution in [2.75, 3.05) is 4.90 Å². The number of benzene rings is 9. The Morgan fingerprint density at radius 3 is 1.63 bits per heavy atom. The van der Waals surface area contributed by atoms with E-state index >= 15 is 0 Å². The molecule has 0 saturated heterocycles. The van der Waals surface area contributed by atoms with E-state index in [1.54, 1.807) is 0 Å². The fourth-order valence-corrected chi connectivity index (χ4v) is 10.7. The lowest BCUT2D eigenvalue weighted by atomic mass is 9.82. The van der Waals surface area contributed by atoms with Crippen molar-refractivity contribution in [3.63, 3.8) is 0 Å². The average Bonchev–Trinajstić information content (AvgIpc) is 3.80. The third-order valence-electron chi connectivity index (χ3n) is 12.3. The van der Waals surface area contributed by atoms with Crippen LogP contribution in [0.25, 0.3) is 75.8 Å². The molecule has 0 saturated carbocycles. The van der Waals surface area contributed by atoms with Gasteiger partial charge in [0.15, 0.2) is 0 Å². The fourth-order valence-electron chi connectivity index (χ4n) is 9.57. The van der Waals surface area contributed by atoms with Gasteiger partial charge >= 0.3 is 0 Å². The van der Waals surface area contributed by atoms with E-state index in [0.717, 1.165) is 11.4 Å². The van der Waals surface area contributed by atoms with E-state index < -0.39 is 0 Å². The van der Waals surface area contributed by atoms with Gasteiger partial charge in [0.25, 0.3) is 0 Å². The molecular formula is C57H41NS. The molecule has 59 heavy (non-hydrogen) atoms. The van der Waals surface area contributed by atoms with Crippen LogP contribution < -0.4 is 4.90 Å². The van der Waals surface area contributed by atoms with Gasteiger partial charge in [0.2, 0.25) is 0 Å². The summed E-state index contributed by atoms with van der Waals surface area (Å²) in [6.07, 6.45) is 0. The Morgan fingerprint density at radius 1 is 0.356 bits per heavy atom. The minimum Gasteiger partial charge on any atom is -0.309 e. The first kappa shape index (κ1) is 35.2. The molecule has 1 heterocycles. The lowest BCUT2D eigenvalue weighted by Crippen LogP contribution is -2.16. The molecule has 0 amide bonds. The molecule has 0 spiro atoms. The highest BCUT2D eigenvalue weighted by atomic mass is 32.1. The molecule has 0 bridgehead atoms. The number of anilines is 3. The van der Waals surface area contributed by atoms with Gasteiger partial charge in [-0.3, -0.25) is 0 Å². The number of rotatable bonds is 7. The van der Waals surface area contributed by atoms with Crippen LogP contribution in [0.3, 0.4) is 0 Å². The fraction of sp³-hybridized carbons (Fsp3) is 0.0526. The number of fused-ring (bicyclic) bond motifs is 6. The normalized spacial score (nSPS) is 12.7. The van der Waals surface area contributed by atoms with Crippen LogP contribution in [0.1, 0.15) is 25.0 Å². The van der Waals surface area contributed by atoms with E-state index in [-0.39, 0.29) is 5.41 Å². The zero-order chi connectivity index (χ0) is 39.5. The van der Waals surface area contributed by atoms with Crippen molar-refractivity contribution in [1.29, 1.82) is 0 Å². The second-order valence-corrected chi connectivity index (χ2v) is 17.1. The van der Waals surface area contributed by atoms with Crippen LogP contribution in [0.15, 0.2) is 212 Å². The highest BCUT2D eigenvalue weighted by Crippen LogP contribution is 2.56. The summed E-state index contributed by atoms with van der Waals surface area (Å²) in [4.78, 5) is 2.53. The summed E-state index contributed by atoms with van der Waals surface area (Å²) >= 11 is 1.87. The van der Waals surface area contributed by atoms with Crippen molar-refractivity contribution < 1.29 is 0 Å². The average molecular weight is 772 g/mol. The van der Waals surface area contributed by atoms with Gasteiger partial charge in [0.05, 0.1) is 11.4 Å². The summed E-state index contributed by atoms with van der Waals surface area (Å²) in [6, 6.07) is 78.1. The quantitative estimate of drug-likeness (QED) is 0.156.